The van der Waals surface area contributed by atoms with Crippen molar-refractivity contribution in [2.75, 3.05) is 23.3 Å². The first-order valence-corrected chi connectivity index (χ1v) is 9.38. The second-order valence-corrected chi connectivity index (χ2v) is 6.64. The lowest BCUT2D eigenvalue weighted by molar-refractivity contribution is -0.301. The van der Waals surface area contributed by atoms with Gasteiger partial charge < -0.3 is 15.0 Å². The largest absolute Gasteiger partial charge is 0.440 e. The zero-order valence-corrected chi connectivity index (χ0v) is 16.6. The van der Waals surface area contributed by atoms with Crippen LogP contribution in [0.4, 0.5) is 43.9 Å². The summed E-state index contributed by atoms with van der Waals surface area (Å²) in [7, 11) is 0. The number of hydrogen-bond acceptors (Lipinski definition) is 6. The Hall–Kier alpha value is -3.05. The Morgan fingerprint density at radius 3 is 2.32 bits per heavy atom. The fraction of sp³-hybridized carbons (Fsp3) is 0.421. The van der Waals surface area contributed by atoms with Gasteiger partial charge in [0.25, 0.3) is 6.10 Å². The average Bonchev–Trinajstić information content (AvgIpc) is 3.13. The van der Waals surface area contributed by atoms with E-state index in [1.54, 1.807) is 30.9 Å². The topological polar surface area (TPSA) is 63.2 Å². The molecule has 0 amide bonds. The highest BCUT2D eigenvalue weighted by Crippen LogP contribution is 2.36. The summed E-state index contributed by atoms with van der Waals surface area (Å²) >= 11 is 0. The van der Waals surface area contributed by atoms with Crippen molar-refractivity contribution < 1.29 is 31.1 Å². The number of ether oxygens (including phenoxy) is 1. The molecule has 0 fully saturated rings. The van der Waals surface area contributed by atoms with Gasteiger partial charge in [0.15, 0.2) is 0 Å². The van der Waals surface area contributed by atoms with Crippen molar-refractivity contribution in [1.29, 1.82) is 0 Å². The van der Waals surface area contributed by atoms with E-state index in [-0.39, 0.29) is 11.9 Å². The van der Waals surface area contributed by atoms with Gasteiger partial charge in [-0.1, -0.05) is 18.2 Å². The molecule has 168 valence electrons. The summed E-state index contributed by atoms with van der Waals surface area (Å²) in [5.74, 6) is -0.349. The Morgan fingerprint density at radius 1 is 1.03 bits per heavy atom. The number of nitrogens with zero attached hydrogens (tertiary/aromatic N) is 4. The number of nitrogens with one attached hydrogen (secondary N) is 1. The second kappa shape index (κ2) is 8.60. The Morgan fingerprint density at radius 2 is 1.71 bits per heavy atom. The first-order chi connectivity index (χ1) is 14.5. The van der Waals surface area contributed by atoms with Crippen LogP contribution in [-0.4, -0.2) is 46.5 Å². The quantitative estimate of drug-likeness (QED) is 0.609. The van der Waals surface area contributed by atoms with Gasteiger partial charge in [0, 0.05) is 18.8 Å². The number of aromatic nitrogens is 3. The smallest absolute Gasteiger partial charge is 0.434 e. The van der Waals surface area contributed by atoms with E-state index in [1.165, 1.54) is 0 Å². The van der Waals surface area contributed by atoms with Crippen molar-refractivity contribution in [3.63, 3.8) is 0 Å². The third kappa shape index (κ3) is 5.36. The van der Waals surface area contributed by atoms with Crippen molar-refractivity contribution in [3.8, 4) is 6.01 Å². The Bertz CT molecular complexity index is 942. The Balaban J connectivity index is 1.97. The number of hydrogen-bond donors (Lipinski definition) is 1. The molecule has 6 nitrogen and oxygen atoms in total. The average molecular weight is 447 g/mol. The van der Waals surface area contributed by atoms with Crippen molar-refractivity contribution in [3.05, 3.63) is 35.4 Å². The van der Waals surface area contributed by atoms with E-state index in [9.17, 15) is 26.3 Å². The number of anilines is 3. The zero-order valence-electron chi connectivity index (χ0n) is 16.6. The van der Waals surface area contributed by atoms with Gasteiger partial charge in [0.2, 0.25) is 11.9 Å². The van der Waals surface area contributed by atoms with Gasteiger partial charge in [0.05, 0.1) is 0 Å². The molecule has 1 aliphatic rings. The third-order valence-electron chi connectivity index (χ3n) is 4.50. The fourth-order valence-electron chi connectivity index (χ4n) is 2.98. The molecule has 0 saturated carbocycles. The molecule has 0 bridgehead atoms. The van der Waals surface area contributed by atoms with Crippen molar-refractivity contribution >= 4 is 23.7 Å². The molecule has 0 unspecified atom stereocenters. The lowest BCUT2D eigenvalue weighted by atomic mass is 10.1. The van der Waals surface area contributed by atoms with Gasteiger partial charge in [-0.25, -0.2) is 0 Å². The standard InChI is InChI=1S/C19H19F6N5O/c1-3-30(4-2)16-27-15(26-13-9-8-11-6-5-7-12(11)10-13)28-17(29-16)31-14(18(20,21)22)19(23,24)25/h5,7-10,14H,3-4,6H2,1-2H3,(H,26,27,28,29). The molecule has 12 heteroatoms. The number of fused-ring (bicyclic) bond motifs is 1. The van der Waals surface area contributed by atoms with E-state index in [0.29, 0.717) is 18.8 Å². The zero-order chi connectivity index (χ0) is 22.8. The van der Waals surface area contributed by atoms with E-state index in [4.69, 9.17) is 0 Å². The van der Waals surface area contributed by atoms with E-state index in [1.807, 2.05) is 18.2 Å². The van der Waals surface area contributed by atoms with Crippen LogP contribution in [0.2, 0.25) is 0 Å². The van der Waals surface area contributed by atoms with Gasteiger partial charge in [-0.15, -0.1) is 0 Å². The van der Waals surface area contributed by atoms with Crippen LogP contribution >= 0.6 is 0 Å². The van der Waals surface area contributed by atoms with Crippen LogP contribution in [0.25, 0.3) is 6.08 Å². The Labute approximate surface area is 174 Å². The lowest BCUT2D eigenvalue weighted by Gasteiger charge is -2.24. The molecule has 1 aromatic heterocycles. The van der Waals surface area contributed by atoms with E-state index in [2.05, 4.69) is 25.0 Å². The molecule has 1 heterocycles. The predicted molar refractivity (Wildman–Crippen MR) is 102 cm³/mol. The number of benzene rings is 1. The van der Waals surface area contributed by atoms with E-state index in [0.717, 1.165) is 17.5 Å². The van der Waals surface area contributed by atoms with Gasteiger partial charge in [-0.05, 0) is 43.5 Å². The fourth-order valence-corrected chi connectivity index (χ4v) is 2.98. The minimum absolute atomic E-state index is 0.110. The summed E-state index contributed by atoms with van der Waals surface area (Å²) in [6.45, 7) is 4.21. The minimum Gasteiger partial charge on any atom is -0.440 e. The molecule has 0 radical (unpaired) electrons. The SMILES string of the molecule is CCN(CC)c1nc(Nc2ccc3c(c2)C=CC3)nc(OC(C(F)(F)F)C(F)(F)F)n1. The molecule has 3 rings (SSSR count). The van der Waals surface area contributed by atoms with E-state index >= 15 is 0 Å². The summed E-state index contributed by atoms with van der Waals surface area (Å²) in [5.41, 5.74) is 2.54. The summed E-state index contributed by atoms with van der Waals surface area (Å²) < 4.78 is 81.7. The van der Waals surface area contributed by atoms with Crippen molar-refractivity contribution in [2.24, 2.45) is 0 Å². The van der Waals surface area contributed by atoms with Crippen LogP contribution in [0.1, 0.15) is 25.0 Å². The molecule has 0 saturated heterocycles. The maximum absolute atomic E-state index is 12.9. The first-order valence-electron chi connectivity index (χ1n) is 9.38. The van der Waals surface area contributed by atoms with Gasteiger partial charge in [-0.2, -0.15) is 41.3 Å². The molecule has 1 N–H and O–H groups in total. The van der Waals surface area contributed by atoms with Crippen LogP contribution in [-0.2, 0) is 6.42 Å². The molecular formula is C19H19F6N5O. The van der Waals surface area contributed by atoms with Crippen molar-refractivity contribution in [2.45, 2.75) is 38.7 Å². The summed E-state index contributed by atoms with van der Waals surface area (Å²) in [4.78, 5) is 13.0. The highest BCUT2D eigenvalue weighted by Gasteiger charge is 2.59. The molecule has 31 heavy (non-hydrogen) atoms. The maximum Gasteiger partial charge on any atom is 0.434 e. The van der Waals surface area contributed by atoms with Crippen molar-refractivity contribution in [1.82, 2.24) is 15.0 Å². The second-order valence-electron chi connectivity index (χ2n) is 6.64. The Kier molecular flexibility index (Phi) is 6.27. The minimum atomic E-state index is -5.69. The maximum atomic E-state index is 12.9. The molecule has 0 aliphatic heterocycles. The predicted octanol–water partition coefficient (Wildman–Crippen LogP) is 4.90. The number of allylic oxidation sites excluding steroid dienone is 1. The highest BCUT2D eigenvalue weighted by atomic mass is 19.4. The summed E-state index contributed by atoms with van der Waals surface area (Å²) in [6, 6.07) is 4.25. The van der Waals surface area contributed by atoms with Crippen LogP contribution in [0.5, 0.6) is 6.01 Å². The van der Waals surface area contributed by atoms with Crippen LogP contribution in [0, 0.1) is 0 Å². The van der Waals surface area contributed by atoms with Crippen LogP contribution in [0.3, 0.4) is 0 Å². The normalized spacial score (nSPS) is 13.5. The van der Waals surface area contributed by atoms with Crippen LogP contribution < -0.4 is 15.0 Å². The monoisotopic (exact) mass is 447 g/mol. The molecule has 1 aromatic carbocycles. The van der Waals surface area contributed by atoms with Gasteiger partial charge >= 0.3 is 18.4 Å². The first kappa shape index (κ1) is 22.6. The molecular weight excluding hydrogens is 428 g/mol. The summed E-state index contributed by atoms with van der Waals surface area (Å²) in [6.07, 6.45) is -10.8. The summed E-state index contributed by atoms with van der Waals surface area (Å²) in [5, 5.41) is 2.80. The third-order valence-corrected chi connectivity index (χ3v) is 4.50. The molecule has 1 aliphatic carbocycles. The lowest BCUT2D eigenvalue weighted by Crippen LogP contribution is -2.47. The molecule has 0 atom stereocenters. The van der Waals surface area contributed by atoms with Gasteiger partial charge in [0.1, 0.15) is 0 Å². The molecule has 2 aromatic rings. The molecule has 0 spiro atoms. The number of alkyl halides is 6. The van der Waals surface area contributed by atoms with Gasteiger partial charge in [-0.3, -0.25) is 0 Å². The van der Waals surface area contributed by atoms with Crippen LogP contribution in [0.15, 0.2) is 24.3 Å². The number of rotatable bonds is 7. The highest BCUT2D eigenvalue weighted by molar-refractivity contribution is 5.67. The van der Waals surface area contributed by atoms with E-state index < -0.39 is 24.5 Å². The number of halogens is 6.